The fourth-order valence-corrected chi connectivity index (χ4v) is 2.42. The van der Waals surface area contributed by atoms with Crippen LogP contribution in [-0.2, 0) is 18.0 Å². The summed E-state index contributed by atoms with van der Waals surface area (Å²) >= 11 is 1.39. The summed E-state index contributed by atoms with van der Waals surface area (Å²) in [4.78, 5) is 0.690. The number of hydrogen-bond donors (Lipinski definition) is 0. The lowest BCUT2D eigenvalue weighted by Gasteiger charge is -2.02. The quantitative estimate of drug-likeness (QED) is 0.720. The Labute approximate surface area is 117 Å². The zero-order valence-electron chi connectivity index (χ0n) is 10.6. The van der Waals surface area contributed by atoms with Gasteiger partial charge >= 0.3 is 0 Å². The minimum atomic E-state index is -0.291. The summed E-state index contributed by atoms with van der Waals surface area (Å²) in [5.74, 6) is 0.946. The molecule has 0 saturated heterocycles. The van der Waals surface area contributed by atoms with Crippen LogP contribution in [0.1, 0.15) is 10.8 Å². The molecule has 0 fully saturated rings. The fourth-order valence-electron chi connectivity index (χ4n) is 1.65. The van der Waals surface area contributed by atoms with E-state index < -0.39 is 0 Å². The number of nitrogens with zero attached hydrogens (tertiary/aromatic N) is 4. The number of ether oxygens (including phenoxy) is 2. The van der Waals surface area contributed by atoms with Gasteiger partial charge in [0.15, 0.2) is 10.8 Å². The molecule has 3 rings (SSSR count). The Kier molecular flexibility index (Phi) is 3.57. The highest BCUT2D eigenvalue weighted by Crippen LogP contribution is 2.18. The van der Waals surface area contributed by atoms with Gasteiger partial charge in [-0.25, -0.2) is 4.39 Å². The second-order valence-electron chi connectivity index (χ2n) is 3.98. The van der Waals surface area contributed by atoms with Crippen LogP contribution >= 0.6 is 11.3 Å². The first-order chi connectivity index (χ1) is 9.76. The SMILES string of the molecule is COCc1nnc2sc(COc3ccc(F)cc3)nn12. The lowest BCUT2D eigenvalue weighted by atomic mass is 10.3. The van der Waals surface area contributed by atoms with Gasteiger partial charge in [0.25, 0.3) is 0 Å². The molecule has 0 radical (unpaired) electrons. The summed E-state index contributed by atoms with van der Waals surface area (Å²) in [5, 5.41) is 13.1. The topological polar surface area (TPSA) is 61.5 Å². The van der Waals surface area contributed by atoms with Crippen LogP contribution in [0.3, 0.4) is 0 Å². The van der Waals surface area contributed by atoms with Crippen molar-refractivity contribution in [2.45, 2.75) is 13.2 Å². The molecular weight excluding hydrogens is 283 g/mol. The Balaban J connectivity index is 1.72. The van der Waals surface area contributed by atoms with Crippen molar-refractivity contribution >= 4 is 16.3 Å². The van der Waals surface area contributed by atoms with E-state index in [1.165, 1.54) is 23.5 Å². The standard InChI is InChI=1S/C12H11FN4O2S/c1-18-6-10-14-15-12-17(10)16-11(20-12)7-19-9-4-2-8(13)3-5-9/h2-5H,6-7H2,1H3. The van der Waals surface area contributed by atoms with Gasteiger partial charge in [0.2, 0.25) is 4.96 Å². The minimum Gasteiger partial charge on any atom is -0.486 e. The molecule has 0 aliphatic rings. The molecule has 2 aromatic heterocycles. The molecule has 0 N–H and O–H groups in total. The normalized spacial score (nSPS) is 11.1. The second-order valence-corrected chi connectivity index (χ2v) is 5.02. The minimum absolute atomic E-state index is 0.291. The molecule has 0 spiro atoms. The molecule has 2 heterocycles. The number of aromatic nitrogens is 4. The molecule has 0 bridgehead atoms. The first-order valence-corrected chi connectivity index (χ1v) is 6.65. The lowest BCUT2D eigenvalue weighted by Crippen LogP contribution is -2.00. The Hall–Kier alpha value is -2.06. The van der Waals surface area contributed by atoms with Crippen molar-refractivity contribution in [1.82, 2.24) is 19.8 Å². The number of hydrogen-bond acceptors (Lipinski definition) is 6. The van der Waals surface area contributed by atoms with Crippen LogP contribution in [0.15, 0.2) is 24.3 Å². The van der Waals surface area contributed by atoms with Gasteiger partial charge < -0.3 is 9.47 Å². The highest BCUT2D eigenvalue weighted by atomic mass is 32.1. The predicted octanol–water partition coefficient (Wildman–Crippen LogP) is 2.05. The third-order valence-corrected chi connectivity index (χ3v) is 3.42. The maximum Gasteiger partial charge on any atom is 0.234 e. The van der Waals surface area contributed by atoms with E-state index in [2.05, 4.69) is 15.3 Å². The van der Waals surface area contributed by atoms with Crippen LogP contribution in [0.2, 0.25) is 0 Å². The van der Waals surface area contributed by atoms with E-state index in [0.717, 1.165) is 5.01 Å². The van der Waals surface area contributed by atoms with E-state index in [1.54, 1.807) is 23.8 Å². The van der Waals surface area contributed by atoms with Crippen molar-refractivity contribution < 1.29 is 13.9 Å². The third kappa shape index (κ3) is 2.61. The molecule has 8 heteroatoms. The summed E-state index contributed by atoms with van der Waals surface area (Å²) in [7, 11) is 1.59. The van der Waals surface area contributed by atoms with Crippen LogP contribution in [0.25, 0.3) is 4.96 Å². The van der Waals surface area contributed by atoms with Crippen molar-refractivity contribution in [3.63, 3.8) is 0 Å². The molecule has 0 saturated carbocycles. The molecule has 0 amide bonds. The van der Waals surface area contributed by atoms with Gasteiger partial charge in [-0.15, -0.1) is 10.2 Å². The first kappa shape index (κ1) is 12.9. The fraction of sp³-hybridized carbons (Fsp3) is 0.250. The number of halogens is 1. The van der Waals surface area contributed by atoms with E-state index in [1.807, 2.05) is 0 Å². The van der Waals surface area contributed by atoms with E-state index in [4.69, 9.17) is 9.47 Å². The summed E-state index contributed by atoms with van der Waals surface area (Å²) in [6.45, 7) is 0.648. The van der Waals surface area contributed by atoms with Gasteiger partial charge in [-0.3, -0.25) is 0 Å². The van der Waals surface area contributed by atoms with E-state index in [-0.39, 0.29) is 5.82 Å². The van der Waals surface area contributed by atoms with E-state index in [0.29, 0.717) is 29.7 Å². The monoisotopic (exact) mass is 294 g/mol. The summed E-state index contributed by atoms with van der Waals surface area (Å²) in [6.07, 6.45) is 0. The third-order valence-electron chi connectivity index (χ3n) is 2.55. The van der Waals surface area contributed by atoms with Crippen LogP contribution in [-0.4, -0.2) is 26.9 Å². The molecule has 20 heavy (non-hydrogen) atoms. The molecule has 3 aromatic rings. The summed E-state index contributed by atoms with van der Waals surface area (Å²) < 4.78 is 25.0. The number of benzene rings is 1. The Bertz CT molecular complexity index is 710. The Morgan fingerprint density at radius 1 is 1.20 bits per heavy atom. The molecule has 0 unspecified atom stereocenters. The van der Waals surface area contributed by atoms with Crippen molar-refractivity contribution in [2.75, 3.05) is 7.11 Å². The van der Waals surface area contributed by atoms with Crippen LogP contribution < -0.4 is 4.74 Å². The molecule has 0 aliphatic carbocycles. The lowest BCUT2D eigenvalue weighted by molar-refractivity contribution is 0.176. The van der Waals surface area contributed by atoms with Crippen molar-refractivity contribution in [3.8, 4) is 5.75 Å². The van der Waals surface area contributed by atoms with Crippen LogP contribution in [0, 0.1) is 5.82 Å². The molecule has 1 aromatic carbocycles. The highest BCUT2D eigenvalue weighted by Gasteiger charge is 2.11. The number of fused-ring (bicyclic) bond motifs is 1. The average Bonchev–Trinajstić information content (AvgIpc) is 3.00. The van der Waals surface area contributed by atoms with E-state index in [9.17, 15) is 4.39 Å². The van der Waals surface area contributed by atoms with Gasteiger partial charge in [-0.05, 0) is 24.3 Å². The van der Waals surface area contributed by atoms with Crippen LogP contribution in [0.5, 0.6) is 5.75 Å². The highest BCUT2D eigenvalue weighted by molar-refractivity contribution is 7.16. The van der Waals surface area contributed by atoms with Gasteiger partial charge in [0.1, 0.15) is 24.8 Å². The van der Waals surface area contributed by atoms with Gasteiger partial charge in [0, 0.05) is 7.11 Å². The summed E-state index contributed by atoms with van der Waals surface area (Å²) in [5.41, 5.74) is 0. The van der Waals surface area contributed by atoms with Crippen LogP contribution in [0.4, 0.5) is 4.39 Å². The smallest absolute Gasteiger partial charge is 0.234 e. The zero-order valence-corrected chi connectivity index (χ0v) is 11.4. The zero-order chi connectivity index (χ0) is 13.9. The molecule has 6 nitrogen and oxygen atoms in total. The second kappa shape index (κ2) is 5.51. The first-order valence-electron chi connectivity index (χ1n) is 5.83. The average molecular weight is 294 g/mol. The number of rotatable bonds is 5. The van der Waals surface area contributed by atoms with Gasteiger partial charge in [-0.1, -0.05) is 11.3 Å². The van der Waals surface area contributed by atoms with Gasteiger partial charge in [-0.2, -0.15) is 9.61 Å². The molecule has 104 valence electrons. The van der Waals surface area contributed by atoms with Crippen molar-refractivity contribution in [3.05, 3.63) is 40.9 Å². The largest absolute Gasteiger partial charge is 0.486 e. The van der Waals surface area contributed by atoms with Gasteiger partial charge in [0.05, 0.1) is 0 Å². The number of methoxy groups -OCH3 is 1. The summed E-state index contributed by atoms with van der Waals surface area (Å²) in [6, 6.07) is 5.85. The molecule has 0 aliphatic heterocycles. The molecular formula is C12H11FN4O2S. The van der Waals surface area contributed by atoms with Crippen molar-refractivity contribution in [2.24, 2.45) is 0 Å². The maximum atomic E-state index is 12.8. The van der Waals surface area contributed by atoms with Crippen molar-refractivity contribution in [1.29, 1.82) is 0 Å². The Morgan fingerprint density at radius 2 is 2.00 bits per heavy atom. The molecule has 0 atom stereocenters. The van der Waals surface area contributed by atoms with E-state index >= 15 is 0 Å². The maximum absolute atomic E-state index is 12.8. The predicted molar refractivity (Wildman–Crippen MR) is 70.1 cm³/mol. The Morgan fingerprint density at radius 3 is 2.75 bits per heavy atom.